The van der Waals surface area contributed by atoms with Crippen LogP contribution in [-0.4, -0.2) is 38.8 Å². The second-order valence-electron chi connectivity index (χ2n) is 7.21. The van der Waals surface area contributed by atoms with Crippen molar-refractivity contribution in [2.75, 3.05) is 43.1 Å². The monoisotopic (exact) mass is 402 g/mol. The highest BCUT2D eigenvalue weighted by Crippen LogP contribution is 2.26. The maximum absolute atomic E-state index is 12.5. The highest BCUT2D eigenvalue weighted by molar-refractivity contribution is 5.91. The largest absolute Gasteiger partial charge is 0.378 e. The average molecular weight is 402 g/mol. The van der Waals surface area contributed by atoms with Gasteiger partial charge in [0.1, 0.15) is 12.7 Å². The van der Waals surface area contributed by atoms with Crippen molar-refractivity contribution in [2.24, 2.45) is 0 Å². The second kappa shape index (κ2) is 10.1. The molecule has 5 nitrogen and oxygen atoms in total. The molecular formula is C25H26N2O3. The zero-order chi connectivity index (χ0) is 20.6. The Morgan fingerprint density at radius 3 is 2.00 bits per heavy atom. The van der Waals surface area contributed by atoms with Gasteiger partial charge in [0.05, 0.1) is 13.2 Å². The van der Waals surface area contributed by atoms with Crippen LogP contribution < -0.4 is 10.2 Å². The average Bonchev–Trinajstić information content (AvgIpc) is 2.82. The van der Waals surface area contributed by atoms with Crippen LogP contribution in [0.1, 0.15) is 17.2 Å². The van der Waals surface area contributed by atoms with E-state index in [1.54, 1.807) is 0 Å². The van der Waals surface area contributed by atoms with Gasteiger partial charge in [-0.15, -0.1) is 0 Å². The van der Waals surface area contributed by atoms with Crippen LogP contribution in [0.25, 0.3) is 0 Å². The standard InChI is InChI=1S/C25H26N2O3/c28-24(26-22-11-13-23(14-12-22)27-15-17-29-18-16-27)19-30-25(20-7-3-1-4-8-20)21-9-5-2-6-10-21/h1-14,25H,15-19H2,(H,26,28). The third-order valence-electron chi connectivity index (χ3n) is 5.11. The van der Waals surface area contributed by atoms with Crippen LogP contribution in [0.15, 0.2) is 84.9 Å². The normalized spacial score (nSPS) is 14.0. The lowest BCUT2D eigenvalue weighted by Crippen LogP contribution is -2.36. The lowest BCUT2D eigenvalue weighted by molar-refractivity contribution is -0.121. The number of benzene rings is 3. The lowest BCUT2D eigenvalue weighted by atomic mass is 10.0. The van der Waals surface area contributed by atoms with Crippen molar-refractivity contribution >= 4 is 17.3 Å². The van der Waals surface area contributed by atoms with Gasteiger partial charge >= 0.3 is 0 Å². The number of rotatable bonds is 7. The van der Waals surface area contributed by atoms with Gasteiger partial charge in [0.25, 0.3) is 0 Å². The molecular weight excluding hydrogens is 376 g/mol. The maximum Gasteiger partial charge on any atom is 0.250 e. The molecule has 0 atom stereocenters. The molecule has 0 bridgehead atoms. The summed E-state index contributed by atoms with van der Waals surface area (Å²) in [5.41, 5.74) is 3.94. The summed E-state index contributed by atoms with van der Waals surface area (Å²) in [5.74, 6) is -0.175. The summed E-state index contributed by atoms with van der Waals surface area (Å²) in [6.45, 7) is 3.25. The Morgan fingerprint density at radius 2 is 1.43 bits per heavy atom. The van der Waals surface area contributed by atoms with Gasteiger partial charge in [0.2, 0.25) is 5.91 Å². The van der Waals surface area contributed by atoms with Gasteiger partial charge in [-0.2, -0.15) is 0 Å². The SMILES string of the molecule is O=C(COC(c1ccccc1)c1ccccc1)Nc1ccc(N2CCOCC2)cc1. The third kappa shape index (κ3) is 5.26. The molecule has 1 heterocycles. The van der Waals surface area contributed by atoms with E-state index in [0.717, 1.165) is 48.8 Å². The molecule has 0 unspecified atom stereocenters. The van der Waals surface area contributed by atoms with Crippen molar-refractivity contribution in [1.29, 1.82) is 0 Å². The number of anilines is 2. The number of amides is 1. The zero-order valence-electron chi connectivity index (χ0n) is 16.9. The van der Waals surface area contributed by atoms with Crippen molar-refractivity contribution in [3.8, 4) is 0 Å². The fraction of sp³-hybridized carbons (Fsp3) is 0.240. The van der Waals surface area contributed by atoms with E-state index in [2.05, 4.69) is 10.2 Å². The molecule has 0 aliphatic carbocycles. The summed E-state index contributed by atoms with van der Waals surface area (Å²) in [7, 11) is 0. The molecule has 3 aromatic rings. The predicted octanol–water partition coefficient (Wildman–Crippen LogP) is 4.27. The first kappa shape index (κ1) is 20.1. The molecule has 1 aliphatic rings. The Morgan fingerprint density at radius 1 is 0.867 bits per heavy atom. The highest BCUT2D eigenvalue weighted by atomic mass is 16.5. The summed E-state index contributed by atoms with van der Waals surface area (Å²) in [6, 6.07) is 27.8. The number of carbonyl (C=O) groups is 1. The van der Waals surface area contributed by atoms with Gasteiger partial charge < -0.3 is 19.7 Å². The number of hydrogen-bond donors (Lipinski definition) is 1. The predicted molar refractivity (Wildman–Crippen MR) is 119 cm³/mol. The van der Waals surface area contributed by atoms with Gasteiger partial charge in [-0.05, 0) is 35.4 Å². The topological polar surface area (TPSA) is 50.8 Å². The van der Waals surface area contributed by atoms with Crippen molar-refractivity contribution in [2.45, 2.75) is 6.10 Å². The van der Waals surface area contributed by atoms with Crippen LogP contribution in [0.3, 0.4) is 0 Å². The quantitative estimate of drug-likeness (QED) is 0.641. The first-order valence-corrected chi connectivity index (χ1v) is 10.2. The summed E-state index contributed by atoms with van der Waals surface area (Å²) < 4.78 is 11.4. The lowest BCUT2D eigenvalue weighted by Gasteiger charge is -2.28. The fourth-order valence-corrected chi connectivity index (χ4v) is 3.57. The third-order valence-corrected chi connectivity index (χ3v) is 5.11. The fourth-order valence-electron chi connectivity index (χ4n) is 3.57. The molecule has 0 aromatic heterocycles. The molecule has 0 spiro atoms. The first-order chi connectivity index (χ1) is 14.8. The van der Waals surface area contributed by atoms with Crippen molar-refractivity contribution in [1.82, 2.24) is 0 Å². The molecule has 4 rings (SSSR count). The molecule has 0 radical (unpaired) electrons. The van der Waals surface area contributed by atoms with E-state index in [1.165, 1.54) is 0 Å². The van der Waals surface area contributed by atoms with Gasteiger partial charge in [-0.1, -0.05) is 60.7 Å². The Kier molecular flexibility index (Phi) is 6.75. The van der Waals surface area contributed by atoms with Crippen molar-refractivity contribution in [3.05, 3.63) is 96.1 Å². The molecule has 0 saturated carbocycles. The van der Waals surface area contributed by atoms with Gasteiger partial charge in [0.15, 0.2) is 0 Å². The Labute approximate surface area is 177 Å². The summed E-state index contributed by atoms with van der Waals surface area (Å²) in [4.78, 5) is 14.8. The minimum absolute atomic E-state index is 0.0281. The maximum atomic E-state index is 12.5. The number of carbonyl (C=O) groups excluding carboxylic acids is 1. The number of hydrogen-bond acceptors (Lipinski definition) is 4. The van der Waals surface area contributed by atoms with Crippen LogP contribution in [0.2, 0.25) is 0 Å². The van der Waals surface area contributed by atoms with Crippen molar-refractivity contribution < 1.29 is 14.3 Å². The smallest absolute Gasteiger partial charge is 0.250 e. The minimum atomic E-state index is -0.290. The number of nitrogens with one attached hydrogen (secondary N) is 1. The number of morpholine rings is 1. The van der Waals surface area contributed by atoms with Crippen LogP contribution in [-0.2, 0) is 14.3 Å². The molecule has 5 heteroatoms. The molecule has 1 fully saturated rings. The van der Waals surface area contributed by atoms with Gasteiger partial charge in [-0.3, -0.25) is 4.79 Å². The molecule has 154 valence electrons. The molecule has 30 heavy (non-hydrogen) atoms. The first-order valence-electron chi connectivity index (χ1n) is 10.2. The molecule has 1 aliphatic heterocycles. The van der Waals surface area contributed by atoms with E-state index in [9.17, 15) is 4.79 Å². The Hall–Kier alpha value is -3.15. The minimum Gasteiger partial charge on any atom is -0.378 e. The van der Waals surface area contributed by atoms with E-state index in [-0.39, 0.29) is 18.6 Å². The van der Waals surface area contributed by atoms with E-state index in [4.69, 9.17) is 9.47 Å². The number of nitrogens with zero attached hydrogens (tertiary/aromatic N) is 1. The molecule has 1 N–H and O–H groups in total. The summed E-state index contributed by atoms with van der Waals surface area (Å²) >= 11 is 0. The molecule has 1 amide bonds. The zero-order valence-corrected chi connectivity index (χ0v) is 16.9. The summed E-state index contributed by atoms with van der Waals surface area (Å²) in [6.07, 6.45) is -0.290. The molecule has 1 saturated heterocycles. The van der Waals surface area contributed by atoms with Crippen LogP contribution in [0.4, 0.5) is 11.4 Å². The van der Waals surface area contributed by atoms with Crippen LogP contribution >= 0.6 is 0 Å². The van der Waals surface area contributed by atoms with Gasteiger partial charge in [0, 0.05) is 24.5 Å². The number of ether oxygens (including phenoxy) is 2. The highest BCUT2D eigenvalue weighted by Gasteiger charge is 2.16. The van der Waals surface area contributed by atoms with Gasteiger partial charge in [-0.25, -0.2) is 0 Å². The van der Waals surface area contributed by atoms with E-state index in [0.29, 0.717) is 0 Å². The Bertz CT molecular complexity index is 884. The van der Waals surface area contributed by atoms with Crippen LogP contribution in [0.5, 0.6) is 0 Å². The van der Waals surface area contributed by atoms with Crippen molar-refractivity contribution in [3.63, 3.8) is 0 Å². The van der Waals surface area contributed by atoms with E-state index in [1.807, 2.05) is 84.9 Å². The van der Waals surface area contributed by atoms with E-state index >= 15 is 0 Å². The van der Waals surface area contributed by atoms with E-state index < -0.39 is 0 Å². The molecule has 3 aromatic carbocycles. The Balaban J connectivity index is 1.37. The second-order valence-corrected chi connectivity index (χ2v) is 7.21. The summed E-state index contributed by atoms with van der Waals surface area (Å²) in [5, 5.41) is 2.92. The van der Waals surface area contributed by atoms with Crippen LogP contribution in [0, 0.1) is 0 Å².